The van der Waals surface area contributed by atoms with Gasteiger partial charge in [-0.3, -0.25) is 9.78 Å². The van der Waals surface area contributed by atoms with Crippen molar-refractivity contribution in [2.75, 3.05) is 18.8 Å². The normalized spacial score (nSPS) is 17.2. The zero-order valence-corrected chi connectivity index (χ0v) is 10.4. The highest BCUT2D eigenvalue weighted by Crippen LogP contribution is 2.19. The molecule has 4 heteroatoms. The molecule has 1 fully saturated rings. The third-order valence-corrected chi connectivity index (χ3v) is 3.41. The van der Waals surface area contributed by atoms with Crippen LogP contribution in [0.4, 0.5) is 5.69 Å². The molecule has 1 aromatic heterocycles. The van der Waals surface area contributed by atoms with Crippen molar-refractivity contribution in [3.05, 3.63) is 23.5 Å². The number of pyridine rings is 1. The maximum atomic E-state index is 12.3. The second-order valence-corrected chi connectivity index (χ2v) is 4.88. The Morgan fingerprint density at radius 2 is 2.12 bits per heavy atom. The Morgan fingerprint density at radius 3 is 2.76 bits per heavy atom. The number of amides is 1. The predicted molar refractivity (Wildman–Crippen MR) is 67.7 cm³/mol. The molecule has 0 spiro atoms. The third-order valence-electron chi connectivity index (χ3n) is 3.41. The number of nitrogens with zero attached hydrogens (tertiary/aromatic N) is 2. The number of aromatic nitrogens is 1. The SMILES string of the molecule is Cc1ncc(N)cc1C(=O)N1CCC(C)CC1. The maximum Gasteiger partial charge on any atom is 0.255 e. The first kappa shape index (κ1) is 11.9. The van der Waals surface area contributed by atoms with Crippen molar-refractivity contribution in [1.29, 1.82) is 0 Å². The van der Waals surface area contributed by atoms with E-state index in [9.17, 15) is 4.79 Å². The minimum atomic E-state index is 0.0641. The molecule has 0 aromatic carbocycles. The van der Waals surface area contributed by atoms with Crippen molar-refractivity contribution < 1.29 is 4.79 Å². The topological polar surface area (TPSA) is 59.2 Å². The summed E-state index contributed by atoms with van der Waals surface area (Å²) in [6.45, 7) is 5.76. The van der Waals surface area contributed by atoms with Gasteiger partial charge in [0.05, 0.1) is 23.1 Å². The van der Waals surface area contributed by atoms with Gasteiger partial charge in [0.15, 0.2) is 0 Å². The molecule has 1 amide bonds. The molecule has 0 unspecified atom stereocenters. The molecule has 92 valence electrons. The van der Waals surface area contributed by atoms with Crippen molar-refractivity contribution in [3.8, 4) is 0 Å². The van der Waals surface area contributed by atoms with Crippen LogP contribution in [-0.2, 0) is 0 Å². The molecule has 0 radical (unpaired) electrons. The molecule has 4 nitrogen and oxygen atoms in total. The van der Waals surface area contributed by atoms with E-state index in [1.54, 1.807) is 12.3 Å². The lowest BCUT2D eigenvalue weighted by molar-refractivity contribution is 0.0696. The van der Waals surface area contributed by atoms with Crippen molar-refractivity contribution in [2.24, 2.45) is 5.92 Å². The second kappa shape index (κ2) is 4.73. The number of likely N-dealkylation sites (tertiary alicyclic amines) is 1. The first-order chi connectivity index (χ1) is 8.08. The van der Waals surface area contributed by atoms with E-state index in [1.807, 2.05) is 11.8 Å². The molecule has 2 heterocycles. The van der Waals surface area contributed by atoms with Gasteiger partial charge in [-0.15, -0.1) is 0 Å². The summed E-state index contributed by atoms with van der Waals surface area (Å²) in [5.41, 5.74) is 7.62. The lowest BCUT2D eigenvalue weighted by atomic mass is 9.98. The number of anilines is 1. The van der Waals surface area contributed by atoms with Crippen LogP contribution in [0.5, 0.6) is 0 Å². The highest BCUT2D eigenvalue weighted by atomic mass is 16.2. The molecule has 1 aromatic rings. The molecule has 2 N–H and O–H groups in total. The first-order valence-corrected chi connectivity index (χ1v) is 6.09. The van der Waals surface area contributed by atoms with E-state index < -0.39 is 0 Å². The Balaban J connectivity index is 2.16. The van der Waals surface area contributed by atoms with E-state index in [0.717, 1.165) is 37.5 Å². The summed E-state index contributed by atoms with van der Waals surface area (Å²) in [7, 11) is 0. The molecule has 0 atom stereocenters. The second-order valence-electron chi connectivity index (χ2n) is 4.88. The van der Waals surface area contributed by atoms with E-state index in [1.165, 1.54) is 0 Å². The number of rotatable bonds is 1. The van der Waals surface area contributed by atoms with Crippen LogP contribution in [0.25, 0.3) is 0 Å². The van der Waals surface area contributed by atoms with Crippen LogP contribution < -0.4 is 5.73 Å². The van der Waals surface area contributed by atoms with Gasteiger partial charge in [0, 0.05) is 13.1 Å². The lowest BCUT2D eigenvalue weighted by Crippen LogP contribution is -2.38. The summed E-state index contributed by atoms with van der Waals surface area (Å²) in [5, 5.41) is 0. The van der Waals surface area contributed by atoms with Gasteiger partial charge >= 0.3 is 0 Å². The van der Waals surface area contributed by atoms with Gasteiger partial charge in [-0.1, -0.05) is 6.92 Å². The molecular formula is C13H19N3O. The summed E-state index contributed by atoms with van der Waals surface area (Å²) in [5.74, 6) is 0.785. The molecule has 1 saturated heterocycles. The number of nitrogens with two attached hydrogens (primary N) is 1. The van der Waals surface area contributed by atoms with Crippen LogP contribution in [0.2, 0.25) is 0 Å². The fraction of sp³-hybridized carbons (Fsp3) is 0.538. The number of carbonyl (C=O) groups excluding carboxylic acids is 1. The number of piperidine rings is 1. The highest BCUT2D eigenvalue weighted by molar-refractivity contribution is 5.96. The Bertz CT molecular complexity index is 423. The standard InChI is InChI=1S/C13H19N3O/c1-9-3-5-16(6-4-9)13(17)12-7-11(14)8-15-10(12)2/h7-9H,3-6,14H2,1-2H3. The van der Waals surface area contributed by atoms with E-state index in [-0.39, 0.29) is 5.91 Å². The van der Waals surface area contributed by atoms with E-state index >= 15 is 0 Å². The maximum absolute atomic E-state index is 12.3. The number of hydrogen-bond donors (Lipinski definition) is 1. The van der Waals surface area contributed by atoms with E-state index in [2.05, 4.69) is 11.9 Å². The quantitative estimate of drug-likeness (QED) is 0.805. The third kappa shape index (κ3) is 2.57. The molecule has 0 aliphatic carbocycles. The molecular weight excluding hydrogens is 214 g/mol. The minimum absolute atomic E-state index is 0.0641. The Morgan fingerprint density at radius 1 is 1.47 bits per heavy atom. The monoisotopic (exact) mass is 233 g/mol. The summed E-state index contributed by atoms with van der Waals surface area (Å²) in [6, 6.07) is 1.72. The van der Waals surface area contributed by atoms with Gasteiger partial charge < -0.3 is 10.6 Å². The summed E-state index contributed by atoms with van der Waals surface area (Å²) in [6.07, 6.45) is 3.76. The Labute approximate surface area is 102 Å². The van der Waals surface area contributed by atoms with Crippen LogP contribution in [0.3, 0.4) is 0 Å². The Kier molecular flexibility index (Phi) is 3.31. The van der Waals surface area contributed by atoms with Crippen molar-refractivity contribution in [1.82, 2.24) is 9.88 Å². The Hall–Kier alpha value is -1.58. The average Bonchev–Trinajstić information content (AvgIpc) is 2.32. The summed E-state index contributed by atoms with van der Waals surface area (Å²) >= 11 is 0. The van der Waals surface area contributed by atoms with Crippen molar-refractivity contribution >= 4 is 11.6 Å². The average molecular weight is 233 g/mol. The molecule has 2 rings (SSSR count). The van der Waals surface area contributed by atoms with Gasteiger partial charge in [-0.2, -0.15) is 0 Å². The number of carbonyl (C=O) groups is 1. The smallest absolute Gasteiger partial charge is 0.255 e. The number of aryl methyl sites for hydroxylation is 1. The van der Waals surface area contributed by atoms with Crippen LogP contribution in [0, 0.1) is 12.8 Å². The number of nitrogen functional groups attached to an aromatic ring is 1. The fourth-order valence-electron chi connectivity index (χ4n) is 2.15. The van der Waals surface area contributed by atoms with Crippen molar-refractivity contribution in [2.45, 2.75) is 26.7 Å². The van der Waals surface area contributed by atoms with E-state index in [0.29, 0.717) is 11.3 Å². The molecule has 0 saturated carbocycles. The van der Waals surface area contributed by atoms with Gasteiger partial charge in [0.2, 0.25) is 0 Å². The fourth-order valence-corrected chi connectivity index (χ4v) is 2.15. The number of hydrogen-bond acceptors (Lipinski definition) is 3. The van der Waals surface area contributed by atoms with Gasteiger partial charge in [0.1, 0.15) is 0 Å². The first-order valence-electron chi connectivity index (χ1n) is 6.09. The largest absolute Gasteiger partial charge is 0.397 e. The van der Waals surface area contributed by atoms with Crippen LogP contribution >= 0.6 is 0 Å². The van der Waals surface area contributed by atoms with Gasteiger partial charge in [-0.25, -0.2) is 0 Å². The predicted octanol–water partition coefficient (Wildman–Crippen LogP) is 1.84. The minimum Gasteiger partial charge on any atom is -0.397 e. The van der Waals surface area contributed by atoms with Crippen LogP contribution in [0.15, 0.2) is 12.3 Å². The molecule has 1 aliphatic heterocycles. The van der Waals surface area contributed by atoms with E-state index in [4.69, 9.17) is 5.73 Å². The molecule has 0 bridgehead atoms. The molecule has 17 heavy (non-hydrogen) atoms. The van der Waals surface area contributed by atoms with Crippen LogP contribution in [0.1, 0.15) is 35.8 Å². The van der Waals surface area contributed by atoms with Gasteiger partial charge in [-0.05, 0) is 31.7 Å². The summed E-state index contributed by atoms with van der Waals surface area (Å²) < 4.78 is 0. The van der Waals surface area contributed by atoms with Crippen LogP contribution in [-0.4, -0.2) is 28.9 Å². The highest BCUT2D eigenvalue weighted by Gasteiger charge is 2.22. The zero-order valence-electron chi connectivity index (χ0n) is 10.4. The lowest BCUT2D eigenvalue weighted by Gasteiger charge is -2.30. The van der Waals surface area contributed by atoms with Crippen molar-refractivity contribution in [3.63, 3.8) is 0 Å². The zero-order chi connectivity index (χ0) is 12.4. The molecule has 1 aliphatic rings. The van der Waals surface area contributed by atoms with Gasteiger partial charge in [0.25, 0.3) is 5.91 Å². The summed E-state index contributed by atoms with van der Waals surface area (Å²) in [4.78, 5) is 18.4.